The van der Waals surface area contributed by atoms with Crippen molar-refractivity contribution in [2.75, 3.05) is 32.4 Å². The number of carbonyl (C=O) groups is 1. The van der Waals surface area contributed by atoms with Gasteiger partial charge in [0, 0.05) is 44.6 Å². The van der Waals surface area contributed by atoms with Crippen LogP contribution in [0.1, 0.15) is 37.7 Å². The van der Waals surface area contributed by atoms with Crippen molar-refractivity contribution in [2.45, 2.75) is 44.7 Å². The molecule has 0 spiro atoms. The first-order valence-electron chi connectivity index (χ1n) is 9.81. The lowest BCUT2D eigenvalue weighted by Gasteiger charge is -2.42. The molecule has 0 aromatic carbocycles. The van der Waals surface area contributed by atoms with Crippen molar-refractivity contribution in [2.24, 2.45) is 5.92 Å². The molecule has 0 saturated carbocycles. The molecule has 1 aromatic rings. The van der Waals surface area contributed by atoms with E-state index in [0.29, 0.717) is 32.6 Å². The number of rotatable bonds is 3. The van der Waals surface area contributed by atoms with Crippen molar-refractivity contribution in [3.8, 4) is 0 Å². The Hall–Kier alpha value is -1.51. The van der Waals surface area contributed by atoms with Gasteiger partial charge in [-0.15, -0.1) is 0 Å². The normalized spacial score (nSPS) is 26.6. The summed E-state index contributed by atoms with van der Waals surface area (Å²) in [5.74, 6) is -0.113. The Bertz CT molecular complexity index is 726. The van der Waals surface area contributed by atoms with Crippen LogP contribution < -0.4 is 5.32 Å². The molecule has 3 heterocycles. The van der Waals surface area contributed by atoms with Gasteiger partial charge >= 0.3 is 0 Å². The lowest BCUT2D eigenvalue weighted by molar-refractivity contribution is -0.129. The first-order valence-corrected chi connectivity index (χ1v) is 11.7. The van der Waals surface area contributed by atoms with Gasteiger partial charge in [0.15, 0.2) is 0 Å². The molecule has 27 heavy (non-hydrogen) atoms. The number of nitrogens with zero attached hydrogens (tertiary/aromatic N) is 3. The second kappa shape index (κ2) is 9.12. The molecule has 2 aliphatic rings. The van der Waals surface area contributed by atoms with Crippen molar-refractivity contribution in [3.05, 3.63) is 30.1 Å². The predicted octanol–water partition coefficient (Wildman–Crippen LogP) is 1.22. The third-order valence-corrected chi connectivity index (χ3v) is 6.90. The minimum Gasteiger partial charge on any atom is -0.356 e. The van der Waals surface area contributed by atoms with Crippen LogP contribution in [-0.2, 0) is 21.4 Å². The van der Waals surface area contributed by atoms with Crippen molar-refractivity contribution in [3.63, 3.8) is 0 Å². The molecule has 8 heteroatoms. The second-order valence-electron chi connectivity index (χ2n) is 7.61. The zero-order chi connectivity index (χ0) is 19.3. The van der Waals surface area contributed by atoms with Crippen LogP contribution in [0, 0.1) is 5.92 Å². The molecule has 7 nitrogen and oxygen atoms in total. The molecular formula is C19H30N4O3S. The summed E-state index contributed by atoms with van der Waals surface area (Å²) in [5, 5.41) is 3.07. The summed E-state index contributed by atoms with van der Waals surface area (Å²) in [6, 6.07) is 3.86. The van der Waals surface area contributed by atoms with Crippen LogP contribution in [-0.4, -0.2) is 67.0 Å². The summed E-state index contributed by atoms with van der Waals surface area (Å²) >= 11 is 0. The summed E-state index contributed by atoms with van der Waals surface area (Å²) in [4.78, 5) is 19.2. The fourth-order valence-corrected chi connectivity index (χ4v) is 4.96. The van der Waals surface area contributed by atoms with Gasteiger partial charge in [-0.05, 0) is 43.5 Å². The fourth-order valence-electron chi connectivity index (χ4n) is 4.10. The number of piperidine rings is 1. The Labute approximate surface area is 162 Å². The van der Waals surface area contributed by atoms with Gasteiger partial charge in [-0.1, -0.05) is 12.8 Å². The van der Waals surface area contributed by atoms with Gasteiger partial charge in [0.1, 0.15) is 0 Å². The molecule has 1 aromatic heterocycles. The van der Waals surface area contributed by atoms with Gasteiger partial charge in [0.05, 0.1) is 12.2 Å². The Morgan fingerprint density at radius 1 is 1.15 bits per heavy atom. The first kappa shape index (κ1) is 20.2. The highest BCUT2D eigenvalue weighted by Crippen LogP contribution is 2.27. The van der Waals surface area contributed by atoms with Crippen molar-refractivity contribution >= 4 is 15.9 Å². The molecule has 2 aliphatic heterocycles. The van der Waals surface area contributed by atoms with Gasteiger partial charge in [0.25, 0.3) is 0 Å². The second-order valence-corrected chi connectivity index (χ2v) is 9.60. The van der Waals surface area contributed by atoms with Gasteiger partial charge in [-0.25, -0.2) is 12.7 Å². The number of hydrogen-bond donors (Lipinski definition) is 1. The molecule has 0 radical (unpaired) electrons. The van der Waals surface area contributed by atoms with E-state index in [1.807, 2.05) is 12.1 Å². The summed E-state index contributed by atoms with van der Waals surface area (Å²) in [6.07, 6.45) is 9.65. The molecule has 1 amide bonds. The Balaban J connectivity index is 1.87. The van der Waals surface area contributed by atoms with Gasteiger partial charge < -0.3 is 5.32 Å². The third kappa shape index (κ3) is 5.49. The van der Waals surface area contributed by atoms with Crippen LogP contribution in [0.3, 0.4) is 0 Å². The smallest absolute Gasteiger partial charge is 0.224 e. The molecule has 2 fully saturated rings. The summed E-state index contributed by atoms with van der Waals surface area (Å²) < 4.78 is 25.8. The van der Waals surface area contributed by atoms with E-state index in [1.54, 1.807) is 12.4 Å². The monoisotopic (exact) mass is 394 g/mol. The Kier molecular flexibility index (Phi) is 6.83. The molecule has 2 unspecified atom stereocenters. The zero-order valence-corrected chi connectivity index (χ0v) is 16.8. The first-order chi connectivity index (χ1) is 12.9. The highest BCUT2D eigenvalue weighted by atomic mass is 32.2. The van der Waals surface area contributed by atoms with Crippen molar-refractivity contribution in [1.29, 1.82) is 0 Å². The number of hydrogen-bond acceptors (Lipinski definition) is 5. The summed E-state index contributed by atoms with van der Waals surface area (Å²) in [7, 11) is -3.27. The van der Waals surface area contributed by atoms with E-state index in [-0.39, 0.29) is 17.9 Å². The third-order valence-electron chi connectivity index (χ3n) is 5.63. The van der Waals surface area contributed by atoms with Crippen LogP contribution >= 0.6 is 0 Å². The number of sulfonamides is 1. The highest BCUT2D eigenvalue weighted by molar-refractivity contribution is 7.88. The minimum atomic E-state index is -3.27. The molecule has 150 valence electrons. The van der Waals surface area contributed by atoms with E-state index in [0.717, 1.165) is 37.8 Å². The van der Waals surface area contributed by atoms with Gasteiger partial charge in [-0.3, -0.25) is 14.7 Å². The lowest BCUT2D eigenvalue weighted by atomic mass is 9.90. The molecule has 2 saturated heterocycles. The van der Waals surface area contributed by atoms with E-state index < -0.39 is 10.0 Å². The number of pyridine rings is 1. The molecule has 3 rings (SSSR count). The van der Waals surface area contributed by atoms with E-state index in [4.69, 9.17) is 0 Å². The standard InChI is InChI=1S/C19H30N4O3S/c1-27(25,26)23-13-8-17-18(15-23)22(14-16-6-10-20-11-7-16)12-5-3-2-4-9-21-19(17)24/h6-7,10-11,17-18H,2-5,8-9,12-15H2,1H3,(H,21,24). The topological polar surface area (TPSA) is 82.6 Å². The molecular weight excluding hydrogens is 364 g/mol. The maximum Gasteiger partial charge on any atom is 0.224 e. The number of fused-ring (bicyclic) bond motifs is 1. The van der Waals surface area contributed by atoms with Crippen LogP contribution in [0.2, 0.25) is 0 Å². The van der Waals surface area contributed by atoms with Crippen molar-refractivity contribution < 1.29 is 13.2 Å². The molecule has 1 N–H and O–H groups in total. The molecule has 0 bridgehead atoms. The Morgan fingerprint density at radius 2 is 1.89 bits per heavy atom. The van der Waals surface area contributed by atoms with Crippen LogP contribution in [0.4, 0.5) is 0 Å². The van der Waals surface area contributed by atoms with Crippen LogP contribution in [0.5, 0.6) is 0 Å². The van der Waals surface area contributed by atoms with E-state index in [9.17, 15) is 13.2 Å². The lowest BCUT2D eigenvalue weighted by Crippen LogP contribution is -2.57. The van der Waals surface area contributed by atoms with E-state index in [1.165, 1.54) is 10.6 Å². The van der Waals surface area contributed by atoms with Crippen LogP contribution in [0.25, 0.3) is 0 Å². The van der Waals surface area contributed by atoms with Gasteiger partial charge in [0.2, 0.25) is 15.9 Å². The van der Waals surface area contributed by atoms with Crippen molar-refractivity contribution in [1.82, 2.24) is 19.5 Å². The SMILES string of the molecule is CS(=O)(=O)N1CCC2C(=O)NCCCCCCN(Cc3ccncc3)C2C1. The fraction of sp³-hybridized carbons (Fsp3) is 0.684. The average Bonchev–Trinajstić information content (AvgIpc) is 2.68. The zero-order valence-electron chi connectivity index (χ0n) is 16.0. The summed E-state index contributed by atoms with van der Waals surface area (Å²) in [6.45, 7) is 3.07. The highest BCUT2D eigenvalue weighted by Gasteiger charge is 2.40. The van der Waals surface area contributed by atoms with Gasteiger partial charge in [-0.2, -0.15) is 0 Å². The minimum absolute atomic E-state index is 0.0646. The predicted molar refractivity (Wildman–Crippen MR) is 104 cm³/mol. The number of aromatic nitrogens is 1. The average molecular weight is 395 g/mol. The van der Waals surface area contributed by atoms with Crippen LogP contribution in [0.15, 0.2) is 24.5 Å². The number of carbonyl (C=O) groups excluding carboxylic acids is 1. The maximum atomic E-state index is 12.8. The van der Waals surface area contributed by atoms with E-state index >= 15 is 0 Å². The molecule has 0 aliphatic carbocycles. The Morgan fingerprint density at radius 3 is 2.63 bits per heavy atom. The number of amides is 1. The van der Waals surface area contributed by atoms with E-state index in [2.05, 4.69) is 15.2 Å². The largest absolute Gasteiger partial charge is 0.356 e. The number of nitrogens with one attached hydrogen (secondary N) is 1. The molecule has 2 atom stereocenters. The maximum absolute atomic E-state index is 12.8. The quantitative estimate of drug-likeness (QED) is 0.834. The summed E-state index contributed by atoms with van der Waals surface area (Å²) in [5.41, 5.74) is 1.13.